The number of amides is 1. The van der Waals surface area contributed by atoms with E-state index in [-0.39, 0.29) is 11.2 Å². The summed E-state index contributed by atoms with van der Waals surface area (Å²) in [7, 11) is 0. The van der Waals surface area contributed by atoms with E-state index < -0.39 is 0 Å². The Bertz CT molecular complexity index is 579. The predicted molar refractivity (Wildman–Crippen MR) is 79.5 cm³/mol. The minimum absolute atomic E-state index is 0.0157. The van der Waals surface area contributed by atoms with Crippen molar-refractivity contribution in [2.45, 2.75) is 37.5 Å². The lowest BCUT2D eigenvalue weighted by Gasteiger charge is -2.11. The van der Waals surface area contributed by atoms with Gasteiger partial charge in [0, 0.05) is 4.90 Å². The summed E-state index contributed by atoms with van der Waals surface area (Å²) < 4.78 is 0. The number of carbonyl (C=O) groups is 1. The number of thioether (sulfide) groups is 1. The zero-order valence-corrected chi connectivity index (χ0v) is 12.6. The molecule has 1 aromatic heterocycles. The van der Waals surface area contributed by atoms with Gasteiger partial charge in [-0.15, -0.1) is 11.8 Å². The van der Waals surface area contributed by atoms with Crippen LogP contribution in [-0.2, 0) is 11.3 Å². The van der Waals surface area contributed by atoms with Crippen LogP contribution >= 0.6 is 11.8 Å². The van der Waals surface area contributed by atoms with Crippen molar-refractivity contribution in [1.82, 2.24) is 20.5 Å². The third-order valence-corrected chi connectivity index (χ3v) is 3.88. The van der Waals surface area contributed by atoms with Crippen LogP contribution in [0.3, 0.4) is 0 Å². The van der Waals surface area contributed by atoms with Crippen molar-refractivity contribution < 1.29 is 4.79 Å². The maximum atomic E-state index is 12.0. The van der Waals surface area contributed by atoms with Crippen molar-refractivity contribution in [1.29, 1.82) is 0 Å². The third kappa shape index (κ3) is 4.09. The monoisotopic (exact) mass is 290 g/mol. The molecule has 2 aromatic rings. The molecule has 0 saturated carbocycles. The zero-order chi connectivity index (χ0) is 14.5. The minimum atomic E-state index is -0.155. The first-order valence-corrected chi connectivity index (χ1v) is 7.31. The molecule has 0 aliphatic rings. The van der Waals surface area contributed by atoms with E-state index in [1.54, 1.807) is 11.8 Å². The first-order chi connectivity index (χ1) is 9.54. The number of aromatic amines is 1. The predicted octanol–water partition coefficient (Wildman–Crippen LogP) is 2.22. The molecule has 0 saturated heterocycles. The van der Waals surface area contributed by atoms with Gasteiger partial charge in [0.2, 0.25) is 5.91 Å². The number of rotatable bonds is 5. The molecule has 1 atom stereocenters. The molecule has 20 heavy (non-hydrogen) atoms. The van der Waals surface area contributed by atoms with Crippen LogP contribution in [0, 0.1) is 13.8 Å². The summed E-state index contributed by atoms with van der Waals surface area (Å²) in [6, 6.07) is 8.15. The van der Waals surface area contributed by atoms with Crippen molar-refractivity contribution in [2.75, 3.05) is 0 Å². The number of aromatic nitrogens is 3. The minimum Gasteiger partial charge on any atom is -0.348 e. The number of hydrogen-bond donors (Lipinski definition) is 2. The van der Waals surface area contributed by atoms with Gasteiger partial charge < -0.3 is 5.32 Å². The highest BCUT2D eigenvalue weighted by molar-refractivity contribution is 8.00. The SMILES string of the molecule is Cc1ccc(S[C@@H](C)C(=O)NCc2n[nH]c(C)n2)cc1. The Morgan fingerprint density at radius 2 is 2.05 bits per heavy atom. The summed E-state index contributed by atoms with van der Waals surface area (Å²) in [5, 5.41) is 9.42. The number of nitrogens with one attached hydrogen (secondary N) is 2. The average molecular weight is 290 g/mol. The first kappa shape index (κ1) is 14.6. The average Bonchev–Trinajstić information content (AvgIpc) is 2.84. The fourth-order valence-electron chi connectivity index (χ4n) is 1.65. The van der Waals surface area contributed by atoms with Gasteiger partial charge in [-0.3, -0.25) is 9.89 Å². The molecule has 0 aliphatic heterocycles. The van der Waals surface area contributed by atoms with Gasteiger partial charge in [0.15, 0.2) is 5.82 Å². The lowest BCUT2D eigenvalue weighted by atomic mass is 10.2. The number of benzene rings is 1. The summed E-state index contributed by atoms with van der Waals surface area (Å²) in [6.07, 6.45) is 0. The Morgan fingerprint density at radius 3 is 2.65 bits per heavy atom. The fraction of sp³-hybridized carbons (Fsp3) is 0.357. The summed E-state index contributed by atoms with van der Waals surface area (Å²) in [5.74, 6) is 1.33. The molecule has 1 amide bonds. The van der Waals surface area contributed by atoms with E-state index in [4.69, 9.17) is 0 Å². The lowest BCUT2D eigenvalue weighted by molar-refractivity contribution is -0.120. The quantitative estimate of drug-likeness (QED) is 0.828. The summed E-state index contributed by atoms with van der Waals surface area (Å²) in [6.45, 7) is 6.11. The topological polar surface area (TPSA) is 70.7 Å². The van der Waals surface area contributed by atoms with Crippen LogP contribution in [0.2, 0.25) is 0 Å². The largest absolute Gasteiger partial charge is 0.348 e. The molecule has 0 fully saturated rings. The van der Waals surface area contributed by atoms with Gasteiger partial charge in [-0.2, -0.15) is 5.10 Å². The number of carbonyl (C=O) groups excluding carboxylic acids is 1. The highest BCUT2D eigenvalue weighted by atomic mass is 32.2. The lowest BCUT2D eigenvalue weighted by Crippen LogP contribution is -2.30. The number of H-pyrrole nitrogens is 1. The molecule has 0 radical (unpaired) electrons. The van der Waals surface area contributed by atoms with Crippen LogP contribution in [0.1, 0.15) is 24.1 Å². The fourth-order valence-corrected chi connectivity index (χ4v) is 2.54. The molecule has 2 N–H and O–H groups in total. The summed E-state index contributed by atoms with van der Waals surface area (Å²) in [5.41, 5.74) is 1.21. The Morgan fingerprint density at radius 1 is 1.35 bits per heavy atom. The first-order valence-electron chi connectivity index (χ1n) is 6.43. The smallest absolute Gasteiger partial charge is 0.233 e. The zero-order valence-electron chi connectivity index (χ0n) is 11.8. The van der Waals surface area contributed by atoms with Gasteiger partial charge in [-0.1, -0.05) is 17.7 Å². The molecule has 0 unspecified atom stereocenters. The highest BCUT2D eigenvalue weighted by Gasteiger charge is 2.14. The van der Waals surface area contributed by atoms with Gasteiger partial charge in [-0.05, 0) is 32.9 Å². The second-order valence-electron chi connectivity index (χ2n) is 4.63. The van der Waals surface area contributed by atoms with Crippen molar-refractivity contribution in [3.05, 3.63) is 41.5 Å². The van der Waals surface area contributed by atoms with Crippen molar-refractivity contribution >= 4 is 17.7 Å². The second-order valence-corrected chi connectivity index (χ2v) is 6.04. The molecule has 0 aliphatic carbocycles. The standard InChI is InChI=1S/C14H18N4OS/c1-9-4-6-12(7-5-9)20-10(2)14(19)15-8-13-16-11(3)17-18-13/h4-7,10H,8H2,1-3H3,(H,15,19)(H,16,17,18)/t10-/m0/s1. The van der Waals surface area contributed by atoms with Gasteiger partial charge >= 0.3 is 0 Å². The summed E-state index contributed by atoms with van der Waals surface area (Å²) >= 11 is 1.54. The number of aryl methyl sites for hydroxylation is 2. The molecule has 1 heterocycles. The van der Waals surface area contributed by atoms with E-state index in [0.717, 1.165) is 10.7 Å². The highest BCUT2D eigenvalue weighted by Crippen LogP contribution is 2.23. The van der Waals surface area contributed by atoms with Gasteiger partial charge in [0.25, 0.3) is 0 Å². The van der Waals surface area contributed by atoms with E-state index in [2.05, 4.69) is 20.5 Å². The van der Waals surface area contributed by atoms with E-state index >= 15 is 0 Å². The van der Waals surface area contributed by atoms with Gasteiger partial charge in [-0.25, -0.2) is 4.98 Å². The molecule has 6 heteroatoms. The molecule has 5 nitrogen and oxygen atoms in total. The van der Waals surface area contributed by atoms with Gasteiger partial charge in [0.05, 0.1) is 11.8 Å². The second kappa shape index (κ2) is 6.56. The summed E-state index contributed by atoms with van der Waals surface area (Å²) in [4.78, 5) is 17.2. The molecule has 1 aromatic carbocycles. The Labute approximate surface area is 122 Å². The molecule has 106 valence electrons. The Balaban J connectivity index is 1.84. The Hall–Kier alpha value is -1.82. The van der Waals surface area contributed by atoms with Crippen molar-refractivity contribution in [2.24, 2.45) is 0 Å². The van der Waals surface area contributed by atoms with Crippen LogP contribution < -0.4 is 5.32 Å². The van der Waals surface area contributed by atoms with E-state index in [1.165, 1.54) is 5.56 Å². The Kier molecular flexibility index (Phi) is 4.79. The number of hydrogen-bond acceptors (Lipinski definition) is 4. The van der Waals surface area contributed by atoms with Crippen LogP contribution in [0.5, 0.6) is 0 Å². The molecular formula is C14H18N4OS. The molecule has 0 bridgehead atoms. The molecular weight excluding hydrogens is 272 g/mol. The third-order valence-electron chi connectivity index (χ3n) is 2.77. The normalized spacial score (nSPS) is 12.2. The molecule has 2 rings (SSSR count). The van der Waals surface area contributed by atoms with Crippen LogP contribution in [0.4, 0.5) is 0 Å². The van der Waals surface area contributed by atoms with Crippen molar-refractivity contribution in [3.8, 4) is 0 Å². The maximum absolute atomic E-state index is 12.0. The van der Waals surface area contributed by atoms with Crippen LogP contribution in [-0.4, -0.2) is 26.3 Å². The van der Waals surface area contributed by atoms with E-state index in [9.17, 15) is 4.79 Å². The maximum Gasteiger partial charge on any atom is 0.233 e. The van der Waals surface area contributed by atoms with Crippen LogP contribution in [0.25, 0.3) is 0 Å². The van der Waals surface area contributed by atoms with Crippen molar-refractivity contribution in [3.63, 3.8) is 0 Å². The molecule has 0 spiro atoms. The van der Waals surface area contributed by atoms with E-state index in [0.29, 0.717) is 12.4 Å². The van der Waals surface area contributed by atoms with Gasteiger partial charge in [0.1, 0.15) is 5.82 Å². The van der Waals surface area contributed by atoms with E-state index in [1.807, 2.05) is 45.0 Å². The number of nitrogens with zero attached hydrogens (tertiary/aromatic N) is 2. The van der Waals surface area contributed by atoms with Crippen LogP contribution in [0.15, 0.2) is 29.2 Å².